The van der Waals surface area contributed by atoms with Crippen molar-refractivity contribution < 1.29 is 0 Å². The van der Waals surface area contributed by atoms with Crippen molar-refractivity contribution in [2.75, 3.05) is 5.32 Å². The summed E-state index contributed by atoms with van der Waals surface area (Å²) in [4.78, 5) is 4.46. The van der Waals surface area contributed by atoms with Gasteiger partial charge in [0.05, 0.1) is 23.1 Å². The molecule has 1 N–H and O–H groups in total. The van der Waals surface area contributed by atoms with Crippen LogP contribution in [0.4, 0.5) is 5.69 Å². The maximum Gasteiger partial charge on any atom is 0.0646 e. The second-order valence-electron chi connectivity index (χ2n) is 4.80. The molecule has 2 rings (SSSR count). The summed E-state index contributed by atoms with van der Waals surface area (Å²) in [6.07, 6.45) is 2.06. The highest BCUT2D eigenvalue weighted by Crippen LogP contribution is 2.22. The predicted molar refractivity (Wildman–Crippen MR) is 73.7 cm³/mol. The van der Waals surface area contributed by atoms with Gasteiger partial charge in [0.15, 0.2) is 0 Å². The fourth-order valence-corrected chi connectivity index (χ4v) is 2.19. The molecule has 4 nitrogen and oxygen atoms in total. The van der Waals surface area contributed by atoms with E-state index in [1.807, 2.05) is 38.6 Å². The summed E-state index contributed by atoms with van der Waals surface area (Å²) in [5.41, 5.74) is 5.44. The maximum absolute atomic E-state index is 4.46. The molecule has 0 spiro atoms. The Hall–Kier alpha value is -1.84. The molecule has 0 radical (unpaired) electrons. The highest BCUT2D eigenvalue weighted by Gasteiger charge is 2.12. The van der Waals surface area contributed by atoms with Crippen molar-refractivity contribution in [3.63, 3.8) is 0 Å². The number of rotatable bonds is 3. The van der Waals surface area contributed by atoms with Gasteiger partial charge >= 0.3 is 0 Å². The van der Waals surface area contributed by atoms with E-state index in [-0.39, 0.29) is 6.04 Å². The third-order valence-electron chi connectivity index (χ3n) is 3.11. The molecule has 0 saturated heterocycles. The van der Waals surface area contributed by atoms with Gasteiger partial charge in [-0.15, -0.1) is 0 Å². The maximum atomic E-state index is 4.46. The average Bonchev–Trinajstić information content (AvgIpc) is 2.62. The molecule has 96 valence electrons. The van der Waals surface area contributed by atoms with Crippen LogP contribution in [0.15, 0.2) is 18.3 Å². The minimum Gasteiger partial charge on any atom is -0.377 e. The molecule has 0 bridgehead atoms. The smallest absolute Gasteiger partial charge is 0.0646 e. The number of nitrogens with zero attached hydrogens (tertiary/aromatic N) is 3. The molecule has 0 saturated carbocycles. The lowest BCUT2D eigenvalue weighted by Gasteiger charge is -2.16. The summed E-state index contributed by atoms with van der Waals surface area (Å²) in [6.45, 7) is 8.21. The summed E-state index contributed by atoms with van der Waals surface area (Å²) in [5.74, 6) is 0. The van der Waals surface area contributed by atoms with Crippen LogP contribution < -0.4 is 5.32 Å². The second-order valence-corrected chi connectivity index (χ2v) is 4.80. The molecule has 1 unspecified atom stereocenters. The summed E-state index contributed by atoms with van der Waals surface area (Å²) in [5, 5.41) is 7.86. The molecule has 4 heteroatoms. The number of pyridine rings is 1. The first kappa shape index (κ1) is 12.6. The minimum absolute atomic E-state index is 0.224. The van der Waals surface area contributed by atoms with Crippen LogP contribution in [0.3, 0.4) is 0 Å². The van der Waals surface area contributed by atoms with E-state index < -0.39 is 0 Å². The van der Waals surface area contributed by atoms with Gasteiger partial charge in [-0.2, -0.15) is 5.10 Å². The van der Waals surface area contributed by atoms with Gasteiger partial charge in [0.2, 0.25) is 0 Å². The SMILES string of the molecule is Cc1ccc(NC(C)c2cn(C)nc2C)c(C)n1. The Kier molecular flexibility index (Phi) is 3.36. The lowest BCUT2D eigenvalue weighted by Crippen LogP contribution is -2.09. The quantitative estimate of drug-likeness (QED) is 0.902. The van der Waals surface area contributed by atoms with Crippen molar-refractivity contribution in [2.45, 2.75) is 33.7 Å². The van der Waals surface area contributed by atoms with Gasteiger partial charge in [0.1, 0.15) is 0 Å². The van der Waals surface area contributed by atoms with Crippen LogP contribution in [0.5, 0.6) is 0 Å². The average molecular weight is 244 g/mol. The number of aromatic nitrogens is 3. The summed E-state index contributed by atoms with van der Waals surface area (Å²) < 4.78 is 1.85. The molecule has 18 heavy (non-hydrogen) atoms. The Morgan fingerprint density at radius 2 is 1.89 bits per heavy atom. The zero-order chi connectivity index (χ0) is 13.3. The zero-order valence-corrected chi connectivity index (χ0v) is 11.7. The van der Waals surface area contributed by atoms with Crippen molar-refractivity contribution >= 4 is 5.69 Å². The van der Waals surface area contributed by atoms with E-state index in [1.165, 1.54) is 5.56 Å². The number of hydrogen-bond donors (Lipinski definition) is 1. The second kappa shape index (κ2) is 4.80. The topological polar surface area (TPSA) is 42.7 Å². The monoisotopic (exact) mass is 244 g/mol. The molecule has 2 aromatic rings. The van der Waals surface area contributed by atoms with Crippen LogP contribution in [0.25, 0.3) is 0 Å². The van der Waals surface area contributed by atoms with Crippen LogP contribution >= 0.6 is 0 Å². The number of anilines is 1. The van der Waals surface area contributed by atoms with Crippen molar-refractivity contribution in [1.29, 1.82) is 0 Å². The van der Waals surface area contributed by atoms with Gasteiger partial charge < -0.3 is 5.32 Å². The van der Waals surface area contributed by atoms with Crippen LogP contribution in [-0.4, -0.2) is 14.8 Å². The third-order valence-corrected chi connectivity index (χ3v) is 3.11. The van der Waals surface area contributed by atoms with Crippen LogP contribution in [0.1, 0.15) is 35.6 Å². The lowest BCUT2D eigenvalue weighted by atomic mass is 10.1. The van der Waals surface area contributed by atoms with E-state index in [2.05, 4.69) is 34.6 Å². The van der Waals surface area contributed by atoms with Gasteiger partial charge in [-0.05, 0) is 39.8 Å². The van der Waals surface area contributed by atoms with Gasteiger partial charge in [-0.3, -0.25) is 9.67 Å². The largest absolute Gasteiger partial charge is 0.377 e. The molecule has 0 amide bonds. The lowest BCUT2D eigenvalue weighted by molar-refractivity contribution is 0.756. The third kappa shape index (κ3) is 2.53. The first-order valence-corrected chi connectivity index (χ1v) is 6.18. The molecule has 1 atom stereocenters. The molecule has 2 heterocycles. The molecule has 0 aliphatic heterocycles. The molecule has 0 aliphatic rings. The highest BCUT2D eigenvalue weighted by atomic mass is 15.3. The highest BCUT2D eigenvalue weighted by molar-refractivity contribution is 5.49. The minimum atomic E-state index is 0.224. The molecule has 2 aromatic heterocycles. The van der Waals surface area contributed by atoms with Gasteiger partial charge in [-0.25, -0.2) is 0 Å². The summed E-state index contributed by atoms with van der Waals surface area (Å²) in [6, 6.07) is 4.33. The van der Waals surface area contributed by atoms with E-state index in [4.69, 9.17) is 0 Å². The molecule has 0 fully saturated rings. The molecular weight excluding hydrogens is 224 g/mol. The summed E-state index contributed by atoms with van der Waals surface area (Å²) >= 11 is 0. The van der Waals surface area contributed by atoms with Gasteiger partial charge in [0, 0.05) is 24.5 Å². The summed E-state index contributed by atoms with van der Waals surface area (Å²) in [7, 11) is 1.95. The first-order valence-electron chi connectivity index (χ1n) is 6.18. The number of hydrogen-bond acceptors (Lipinski definition) is 3. The Balaban J connectivity index is 2.21. The number of aryl methyl sites for hydroxylation is 4. The fraction of sp³-hybridized carbons (Fsp3) is 0.429. The Bertz CT molecular complexity index is 557. The Morgan fingerprint density at radius 3 is 2.44 bits per heavy atom. The number of nitrogens with one attached hydrogen (secondary N) is 1. The fourth-order valence-electron chi connectivity index (χ4n) is 2.19. The van der Waals surface area contributed by atoms with Crippen molar-refractivity contribution in [3.8, 4) is 0 Å². The zero-order valence-electron chi connectivity index (χ0n) is 11.7. The van der Waals surface area contributed by atoms with E-state index in [0.717, 1.165) is 22.8 Å². The van der Waals surface area contributed by atoms with E-state index in [1.54, 1.807) is 0 Å². The van der Waals surface area contributed by atoms with Gasteiger partial charge in [0.25, 0.3) is 0 Å². The standard InChI is InChI=1S/C14H20N4/c1-9-6-7-14(12(4)15-9)16-10(2)13-8-18(5)17-11(13)3/h6-8,10,16H,1-5H3. The van der Waals surface area contributed by atoms with E-state index in [0.29, 0.717) is 0 Å². The van der Waals surface area contributed by atoms with Crippen LogP contribution in [0.2, 0.25) is 0 Å². The van der Waals surface area contributed by atoms with Crippen molar-refractivity contribution in [3.05, 3.63) is 41.0 Å². The Labute approximate surface area is 108 Å². The van der Waals surface area contributed by atoms with Gasteiger partial charge in [-0.1, -0.05) is 0 Å². The van der Waals surface area contributed by atoms with E-state index in [9.17, 15) is 0 Å². The normalized spacial score (nSPS) is 12.5. The van der Waals surface area contributed by atoms with Crippen molar-refractivity contribution in [2.24, 2.45) is 7.05 Å². The molecular formula is C14H20N4. The molecule has 0 aromatic carbocycles. The predicted octanol–water partition coefficient (Wildman–Crippen LogP) is 2.91. The van der Waals surface area contributed by atoms with Crippen LogP contribution in [0, 0.1) is 20.8 Å². The molecule has 0 aliphatic carbocycles. The first-order chi connectivity index (χ1) is 8.47. The van der Waals surface area contributed by atoms with E-state index >= 15 is 0 Å². The Morgan fingerprint density at radius 1 is 1.17 bits per heavy atom. The van der Waals surface area contributed by atoms with Crippen LogP contribution in [-0.2, 0) is 7.05 Å². The van der Waals surface area contributed by atoms with Crippen molar-refractivity contribution in [1.82, 2.24) is 14.8 Å².